The minimum atomic E-state index is -3.64. The summed E-state index contributed by atoms with van der Waals surface area (Å²) in [5.74, 6) is -0.000739. The van der Waals surface area contributed by atoms with Gasteiger partial charge in [-0.25, -0.2) is 17.5 Å². The van der Waals surface area contributed by atoms with Gasteiger partial charge >= 0.3 is 0 Å². The molecule has 0 saturated heterocycles. The van der Waals surface area contributed by atoms with Crippen LogP contribution in [0.1, 0.15) is 38.7 Å². The zero-order valence-corrected chi connectivity index (χ0v) is 12.7. The lowest BCUT2D eigenvalue weighted by Crippen LogP contribution is -2.25. The monoisotopic (exact) mass is 303 g/mol. The highest BCUT2D eigenvalue weighted by molar-refractivity contribution is 7.89. The van der Waals surface area contributed by atoms with E-state index in [4.69, 9.17) is 5.11 Å². The van der Waals surface area contributed by atoms with Gasteiger partial charge in [0.25, 0.3) is 0 Å². The molecule has 6 heteroatoms. The van der Waals surface area contributed by atoms with Crippen LogP contribution >= 0.6 is 0 Å². The van der Waals surface area contributed by atoms with E-state index in [-0.39, 0.29) is 10.5 Å². The van der Waals surface area contributed by atoms with Crippen molar-refractivity contribution in [2.45, 2.75) is 44.6 Å². The quantitative estimate of drug-likeness (QED) is 0.725. The lowest BCUT2D eigenvalue weighted by molar-refractivity contribution is 0.275. The summed E-state index contributed by atoms with van der Waals surface area (Å²) in [6, 6.07) is 3.41. The van der Waals surface area contributed by atoms with Crippen molar-refractivity contribution in [3.63, 3.8) is 0 Å². The molecule has 0 fully saturated rings. The Balaban J connectivity index is 2.60. The molecule has 0 saturated carbocycles. The van der Waals surface area contributed by atoms with Crippen LogP contribution in [0, 0.1) is 11.7 Å². The maximum absolute atomic E-state index is 13.2. The molecule has 0 unspecified atom stereocenters. The molecule has 0 amide bonds. The van der Waals surface area contributed by atoms with Gasteiger partial charge in [-0.05, 0) is 30.5 Å². The van der Waals surface area contributed by atoms with Crippen molar-refractivity contribution in [2.24, 2.45) is 5.92 Å². The highest BCUT2D eigenvalue weighted by Crippen LogP contribution is 2.15. The molecule has 1 aromatic carbocycles. The first-order valence-corrected chi connectivity index (χ1v) is 8.24. The lowest BCUT2D eigenvalue weighted by Gasteiger charge is -2.09. The van der Waals surface area contributed by atoms with Crippen LogP contribution in [-0.2, 0) is 16.6 Å². The number of hydrogen-bond acceptors (Lipinski definition) is 3. The fourth-order valence-electron chi connectivity index (χ4n) is 1.81. The van der Waals surface area contributed by atoms with Gasteiger partial charge in [-0.15, -0.1) is 0 Å². The molecule has 0 atom stereocenters. The first-order chi connectivity index (χ1) is 9.36. The van der Waals surface area contributed by atoms with Crippen LogP contribution in [0.25, 0.3) is 0 Å². The van der Waals surface area contributed by atoms with Crippen molar-refractivity contribution in [3.8, 4) is 0 Å². The van der Waals surface area contributed by atoms with E-state index >= 15 is 0 Å². The summed E-state index contributed by atoms with van der Waals surface area (Å²) in [6.45, 7) is 4.09. The van der Waals surface area contributed by atoms with Gasteiger partial charge < -0.3 is 5.11 Å². The molecule has 0 radical (unpaired) electrons. The standard InChI is InChI=1S/C14H22FNO3S/c1-11(2)5-3-4-8-16-20(18,19)13-6-7-14(15)12(9-13)10-17/h6-7,9,11,16-17H,3-5,8,10H2,1-2H3. The van der Waals surface area contributed by atoms with E-state index < -0.39 is 22.4 Å². The van der Waals surface area contributed by atoms with Crippen molar-refractivity contribution < 1.29 is 17.9 Å². The highest BCUT2D eigenvalue weighted by Gasteiger charge is 2.15. The summed E-state index contributed by atoms with van der Waals surface area (Å²) in [5, 5.41) is 8.95. The van der Waals surface area contributed by atoms with Gasteiger partial charge in [-0.2, -0.15) is 0 Å². The Kier molecular flexibility index (Phi) is 6.58. The summed E-state index contributed by atoms with van der Waals surface area (Å²) >= 11 is 0. The van der Waals surface area contributed by atoms with Crippen LogP contribution in [-0.4, -0.2) is 20.1 Å². The number of halogens is 1. The van der Waals surface area contributed by atoms with Crippen molar-refractivity contribution in [3.05, 3.63) is 29.6 Å². The van der Waals surface area contributed by atoms with E-state index in [0.29, 0.717) is 12.5 Å². The molecule has 1 rings (SSSR count). The third-order valence-corrected chi connectivity index (χ3v) is 4.46. The molecule has 0 heterocycles. The third-order valence-electron chi connectivity index (χ3n) is 3.00. The third kappa shape index (κ3) is 5.19. The van der Waals surface area contributed by atoms with Gasteiger partial charge in [-0.1, -0.05) is 26.7 Å². The Labute approximate surface area is 120 Å². The predicted molar refractivity (Wildman–Crippen MR) is 76.2 cm³/mol. The number of unbranched alkanes of at least 4 members (excludes halogenated alkanes) is 1. The molecule has 114 valence electrons. The summed E-state index contributed by atoms with van der Waals surface area (Å²) in [6.07, 6.45) is 2.80. The predicted octanol–water partition coefficient (Wildman–Crippen LogP) is 2.42. The normalized spacial score (nSPS) is 12.1. The second-order valence-corrected chi connectivity index (χ2v) is 6.97. The number of sulfonamides is 1. The molecule has 0 aromatic heterocycles. The highest BCUT2D eigenvalue weighted by atomic mass is 32.2. The number of rotatable bonds is 8. The number of hydrogen-bond donors (Lipinski definition) is 2. The van der Waals surface area contributed by atoms with E-state index in [0.717, 1.165) is 31.4 Å². The topological polar surface area (TPSA) is 66.4 Å². The SMILES string of the molecule is CC(C)CCCCNS(=O)(=O)c1ccc(F)c(CO)c1. The number of aliphatic hydroxyl groups is 1. The molecule has 20 heavy (non-hydrogen) atoms. The molecule has 1 aromatic rings. The number of nitrogens with one attached hydrogen (secondary N) is 1. The number of benzene rings is 1. The molecule has 0 aliphatic rings. The molecule has 0 spiro atoms. The lowest BCUT2D eigenvalue weighted by atomic mass is 10.1. The average molecular weight is 303 g/mol. The van der Waals surface area contributed by atoms with Gasteiger partial charge in [0.1, 0.15) is 5.82 Å². The Morgan fingerprint density at radius 2 is 2.00 bits per heavy atom. The van der Waals surface area contributed by atoms with Gasteiger partial charge in [0.15, 0.2) is 0 Å². The zero-order valence-electron chi connectivity index (χ0n) is 11.9. The van der Waals surface area contributed by atoms with Crippen molar-refractivity contribution in [2.75, 3.05) is 6.54 Å². The molecular formula is C14H22FNO3S. The molecule has 0 aliphatic heterocycles. The smallest absolute Gasteiger partial charge is 0.240 e. The zero-order chi connectivity index (χ0) is 15.2. The summed E-state index contributed by atoms with van der Waals surface area (Å²) in [5.41, 5.74) is -0.0207. The van der Waals surface area contributed by atoms with Gasteiger partial charge in [0, 0.05) is 12.1 Å². The van der Waals surface area contributed by atoms with Gasteiger partial charge in [0.05, 0.1) is 11.5 Å². The Morgan fingerprint density at radius 3 is 2.60 bits per heavy atom. The second-order valence-electron chi connectivity index (χ2n) is 5.20. The molecular weight excluding hydrogens is 281 g/mol. The maximum atomic E-state index is 13.2. The van der Waals surface area contributed by atoms with Gasteiger partial charge in [0.2, 0.25) is 10.0 Å². The molecule has 4 nitrogen and oxygen atoms in total. The van der Waals surface area contributed by atoms with Crippen LogP contribution in [0.5, 0.6) is 0 Å². The minimum Gasteiger partial charge on any atom is -0.392 e. The largest absolute Gasteiger partial charge is 0.392 e. The van der Waals surface area contributed by atoms with E-state index in [1.807, 2.05) is 0 Å². The van der Waals surface area contributed by atoms with Crippen LogP contribution in [0.3, 0.4) is 0 Å². The van der Waals surface area contributed by atoms with E-state index in [1.165, 1.54) is 6.07 Å². The second kappa shape index (κ2) is 7.71. The van der Waals surface area contributed by atoms with E-state index in [9.17, 15) is 12.8 Å². The minimum absolute atomic E-state index is 0.0207. The maximum Gasteiger partial charge on any atom is 0.240 e. The average Bonchev–Trinajstić information content (AvgIpc) is 2.38. The van der Waals surface area contributed by atoms with E-state index in [1.54, 1.807) is 0 Å². The number of aliphatic hydroxyl groups excluding tert-OH is 1. The van der Waals surface area contributed by atoms with Crippen molar-refractivity contribution in [1.29, 1.82) is 0 Å². The van der Waals surface area contributed by atoms with Gasteiger partial charge in [-0.3, -0.25) is 0 Å². The fraction of sp³-hybridized carbons (Fsp3) is 0.571. The van der Waals surface area contributed by atoms with Crippen molar-refractivity contribution in [1.82, 2.24) is 4.72 Å². The molecule has 0 aliphatic carbocycles. The Bertz CT molecular complexity index is 529. The van der Waals surface area contributed by atoms with Crippen LogP contribution < -0.4 is 4.72 Å². The first-order valence-electron chi connectivity index (χ1n) is 6.75. The van der Waals surface area contributed by atoms with Crippen molar-refractivity contribution >= 4 is 10.0 Å². The molecule has 2 N–H and O–H groups in total. The Hall–Kier alpha value is -0.980. The Morgan fingerprint density at radius 1 is 1.30 bits per heavy atom. The van der Waals surface area contributed by atoms with Crippen LogP contribution in [0.4, 0.5) is 4.39 Å². The fourth-order valence-corrected chi connectivity index (χ4v) is 2.93. The summed E-state index contributed by atoms with van der Waals surface area (Å²) in [4.78, 5) is -0.0215. The summed E-state index contributed by atoms with van der Waals surface area (Å²) < 4.78 is 39.7. The van der Waals surface area contributed by atoms with Crippen LogP contribution in [0.15, 0.2) is 23.1 Å². The summed E-state index contributed by atoms with van der Waals surface area (Å²) in [7, 11) is -3.64. The first kappa shape index (κ1) is 17.1. The van der Waals surface area contributed by atoms with Crippen LogP contribution in [0.2, 0.25) is 0 Å². The van der Waals surface area contributed by atoms with E-state index in [2.05, 4.69) is 18.6 Å². The molecule has 0 bridgehead atoms.